The van der Waals surface area contributed by atoms with Gasteiger partial charge in [0.25, 0.3) is 0 Å². The smallest absolute Gasteiger partial charge is 0.355 e. The molecule has 0 aliphatic heterocycles. The van der Waals surface area contributed by atoms with Gasteiger partial charge in [0, 0.05) is 6.07 Å². The summed E-state index contributed by atoms with van der Waals surface area (Å²) >= 11 is 0. The highest BCUT2D eigenvalue weighted by Crippen LogP contribution is 2.21. The molecule has 0 unspecified atom stereocenters. The predicted octanol–water partition coefficient (Wildman–Crippen LogP) is -1.28. The average Bonchev–Trinajstić information content (AvgIpc) is 2.84. The van der Waals surface area contributed by atoms with Crippen LogP contribution in [0.3, 0.4) is 0 Å². The number of rotatable bonds is 6. The molecule has 2 aromatic heterocycles. The van der Waals surface area contributed by atoms with E-state index in [0.29, 0.717) is 16.8 Å². The fraction of sp³-hybridized carbons (Fsp3) is 0.353. The minimum atomic E-state index is -0.521. The van der Waals surface area contributed by atoms with Crippen molar-refractivity contribution in [2.45, 2.75) is 27.3 Å². The van der Waals surface area contributed by atoms with Crippen LogP contribution in [-0.4, -0.2) is 35.2 Å². The van der Waals surface area contributed by atoms with Gasteiger partial charge in [-0.25, -0.2) is 9.59 Å². The molecular formula is C17H21ClN2O5. The summed E-state index contributed by atoms with van der Waals surface area (Å²) in [4.78, 5) is 27.3. The maximum absolute atomic E-state index is 12.3. The van der Waals surface area contributed by atoms with Crippen LogP contribution in [0, 0.1) is 6.92 Å². The van der Waals surface area contributed by atoms with Gasteiger partial charge in [-0.2, -0.15) is 4.57 Å². The Bertz CT molecular complexity index is 757. The maximum atomic E-state index is 12.3. The summed E-state index contributed by atoms with van der Waals surface area (Å²) in [7, 11) is 0. The van der Waals surface area contributed by atoms with Crippen molar-refractivity contribution in [2.24, 2.45) is 0 Å². The first-order valence-electron chi connectivity index (χ1n) is 7.71. The summed E-state index contributed by atoms with van der Waals surface area (Å²) in [5.41, 5.74) is 1.55. The number of H-pyrrole nitrogens is 1. The van der Waals surface area contributed by atoms with Crippen LogP contribution < -0.4 is 17.0 Å². The van der Waals surface area contributed by atoms with Gasteiger partial charge in [0.2, 0.25) is 6.20 Å². The second-order valence-electron chi connectivity index (χ2n) is 5.15. The Balaban J connectivity index is 0.00000312. The molecule has 0 amide bonds. The molecule has 8 heteroatoms. The van der Waals surface area contributed by atoms with Gasteiger partial charge in [0.05, 0.1) is 24.5 Å². The number of esters is 2. The van der Waals surface area contributed by atoms with Gasteiger partial charge >= 0.3 is 11.9 Å². The van der Waals surface area contributed by atoms with E-state index in [0.717, 1.165) is 0 Å². The third-order valence-corrected chi connectivity index (χ3v) is 3.47. The van der Waals surface area contributed by atoms with Crippen LogP contribution in [0.4, 0.5) is 0 Å². The number of hydrogen-bond acceptors (Lipinski definition) is 5. The average molecular weight is 369 g/mol. The topological polar surface area (TPSA) is 92.5 Å². The zero-order valence-corrected chi connectivity index (χ0v) is 15.1. The van der Waals surface area contributed by atoms with Crippen molar-refractivity contribution in [3.05, 3.63) is 47.0 Å². The molecule has 0 fully saturated rings. The summed E-state index contributed by atoms with van der Waals surface area (Å²) in [6.07, 6.45) is 3.27. The number of ether oxygens (including phenoxy) is 2. The first kappa shape index (κ1) is 20.5. The van der Waals surface area contributed by atoms with Crippen molar-refractivity contribution in [1.82, 2.24) is 4.98 Å². The van der Waals surface area contributed by atoms with Gasteiger partial charge in [0.1, 0.15) is 5.69 Å². The lowest BCUT2D eigenvalue weighted by atomic mass is 10.1. The zero-order chi connectivity index (χ0) is 17.7. The second kappa shape index (κ2) is 9.08. The van der Waals surface area contributed by atoms with Crippen LogP contribution in [-0.2, 0) is 16.0 Å². The highest BCUT2D eigenvalue weighted by atomic mass is 35.5. The fourth-order valence-electron chi connectivity index (χ4n) is 2.45. The summed E-state index contributed by atoms with van der Waals surface area (Å²) in [6.45, 7) is 5.84. The maximum Gasteiger partial charge on any atom is 0.355 e. The number of aromatic amines is 1. The van der Waals surface area contributed by atoms with Crippen LogP contribution >= 0.6 is 0 Å². The summed E-state index contributed by atoms with van der Waals surface area (Å²) in [6, 6.07) is 3.23. The molecule has 0 saturated carbocycles. The number of hydrogen-bond donors (Lipinski definition) is 2. The molecule has 0 aromatic carbocycles. The van der Waals surface area contributed by atoms with Crippen LogP contribution in [0.5, 0.6) is 5.75 Å². The Morgan fingerprint density at radius 3 is 2.44 bits per heavy atom. The normalized spacial score (nSPS) is 10.0. The van der Waals surface area contributed by atoms with Crippen LogP contribution in [0.2, 0.25) is 0 Å². The molecule has 7 nitrogen and oxygen atoms in total. The molecule has 2 aromatic rings. The molecule has 2 heterocycles. The molecule has 25 heavy (non-hydrogen) atoms. The van der Waals surface area contributed by atoms with Crippen LogP contribution in [0.25, 0.3) is 0 Å². The van der Waals surface area contributed by atoms with E-state index in [9.17, 15) is 14.7 Å². The Morgan fingerprint density at radius 2 is 1.84 bits per heavy atom. The summed E-state index contributed by atoms with van der Waals surface area (Å²) in [5.74, 6) is -0.922. The number of aromatic hydroxyl groups is 1. The lowest BCUT2D eigenvalue weighted by Gasteiger charge is -2.04. The number of carbonyl (C=O) groups is 2. The van der Waals surface area contributed by atoms with Gasteiger partial charge in [-0.15, -0.1) is 0 Å². The van der Waals surface area contributed by atoms with E-state index in [1.165, 1.54) is 6.20 Å². The quantitative estimate of drug-likeness (QED) is 0.489. The third-order valence-electron chi connectivity index (χ3n) is 3.47. The molecule has 0 spiro atoms. The van der Waals surface area contributed by atoms with Crippen molar-refractivity contribution < 1.29 is 41.1 Å². The van der Waals surface area contributed by atoms with Gasteiger partial charge in [-0.05, 0) is 32.4 Å². The van der Waals surface area contributed by atoms with Crippen molar-refractivity contribution in [3.8, 4) is 5.75 Å². The minimum Gasteiger partial charge on any atom is -1.00 e. The first-order chi connectivity index (χ1) is 11.5. The van der Waals surface area contributed by atoms with E-state index < -0.39 is 11.9 Å². The summed E-state index contributed by atoms with van der Waals surface area (Å²) in [5, 5.41) is 9.58. The van der Waals surface area contributed by atoms with Gasteiger partial charge in [0.15, 0.2) is 18.5 Å². The standard InChI is InChI=1S/C17H20N2O5.ClH/c1-4-23-16(21)14-11(3)15(17(22)24-5-2)18-13(14)10-19-8-6-7-12(20)9-19;/h6-9H,4-5,10H2,1-3H3,(H-,18,20,21,22);1H. The van der Waals surface area contributed by atoms with Gasteiger partial charge in [-0.3, -0.25) is 0 Å². The lowest BCUT2D eigenvalue weighted by Crippen LogP contribution is -3.00. The van der Waals surface area contributed by atoms with E-state index in [2.05, 4.69) is 4.98 Å². The molecule has 0 aliphatic carbocycles. The molecule has 136 valence electrons. The molecule has 0 aliphatic rings. The molecule has 0 atom stereocenters. The molecular weight excluding hydrogens is 348 g/mol. The van der Waals surface area contributed by atoms with Crippen molar-refractivity contribution >= 4 is 11.9 Å². The number of nitrogens with zero attached hydrogens (tertiary/aromatic N) is 1. The molecule has 0 bridgehead atoms. The van der Waals surface area contributed by atoms with E-state index in [4.69, 9.17) is 9.47 Å². The number of carbonyl (C=O) groups excluding carboxylic acids is 2. The van der Waals surface area contributed by atoms with Gasteiger partial charge in [-0.1, -0.05) is 0 Å². The second-order valence-corrected chi connectivity index (χ2v) is 5.15. The highest BCUT2D eigenvalue weighted by molar-refractivity contribution is 5.98. The van der Waals surface area contributed by atoms with E-state index in [1.807, 2.05) is 0 Å². The van der Waals surface area contributed by atoms with Crippen molar-refractivity contribution in [1.29, 1.82) is 0 Å². The number of halogens is 1. The number of aromatic nitrogens is 2. The SMILES string of the molecule is CCOC(=O)c1[nH]c(C[n+]2cccc(O)c2)c(C(=O)OCC)c1C.[Cl-]. The molecule has 0 saturated heterocycles. The Kier molecular flexibility index (Phi) is 7.44. The van der Waals surface area contributed by atoms with Gasteiger partial charge < -0.3 is 32.0 Å². The predicted molar refractivity (Wildman–Crippen MR) is 84.8 cm³/mol. The zero-order valence-electron chi connectivity index (χ0n) is 14.3. The lowest BCUT2D eigenvalue weighted by molar-refractivity contribution is -0.689. The van der Waals surface area contributed by atoms with E-state index in [-0.39, 0.29) is 43.6 Å². The minimum absolute atomic E-state index is 0. The fourth-order valence-corrected chi connectivity index (χ4v) is 2.45. The summed E-state index contributed by atoms with van der Waals surface area (Å²) < 4.78 is 11.8. The van der Waals surface area contributed by atoms with E-state index in [1.54, 1.807) is 43.7 Å². The molecule has 0 radical (unpaired) electrons. The Morgan fingerprint density at radius 1 is 1.20 bits per heavy atom. The van der Waals surface area contributed by atoms with Crippen LogP contribution in [0.15, 0.2) is 24.5 Å². The molecule has 2 rings (SSSR count). The number of pyridine rings is 1. The third kappa shape index (κ3) is 4.73. The van der Waals surface area contributed by atoms with Crippen LogP contribution in [0.1, 0.15) is 46.0 Å². The Hall–Kier alpha value is -2.54. The monoisotopic (exact) mass is 368 g/mol. The first-order valence-corrected chi connectivity index (χ1v) is 7.71. The largest absolute Gasteiger partial charge is 1.00 e. The molecule has 2 N–H and O–H groups in total. The Labute approximate surface area is 152 Å². The highest BCUT2D eigenvalue weighted by Gasteiger charge is 2.27. The van der Waals surface area contributed by atoms with Crippen molar-refractivity contribution in [2.75, 3.05) is 13.2 Å². The van der Waals surface area contributed by atoms with E-state index >= 15 is 0 Å². The van der Waals surface area contributed by atoms with Crippen molar-refractivity contribution in [3.63, 3.8) is 0 Å². The number of nitrogens with one attached hydrogen (secondary N) is 1.